The van der Waals surface area contributed by atoms with Gasteiger partial charge in [0.1, 0.15) is 0 Å². The number of benzene rings is 2. The molecule has 3 rings (SSSR count). The molecule has 0 unspecified atom stereocenters. The summed E-state index contributed by atoms with van der Waals surface area (Å²) in [5.74, 6) is 1.71. The average Bonchev–Trinajstić information content (AvgIpc) is 2.96. The van der Waals surface area contributed by atoms with Crippen LogP contribution in [0.1, 0.15) is 12.0 Å². The maximum Gasteiger partial charge on any atom is 0.249 e. The molecule has 0 saturated heterocycles. The lowest BCUT2D eigenvalue weighted by Gasteiger charge is -2.04. The van der Waals surface area contributed by atoms with Crippen LogP contribution in [-0.4, -0.2) is 28.2 Å². The molecule has 0 radical (unpaired) electrons. The Labute approximate surface area is 166 Å². The van der Waals surface area contributed by atoms with Crippen molar-refractivity contribution in [1.29, 1.82) is 0 Å². The number of fused-ring (bicyclic) bond motifs is 1. The Morgan fingerprint density at radius 1 is 1.15 bits per heavy atom. The Bertz CT molecular complexity index is 945. The molecule has 3 aromatic rings. The molecule has 3 nitrogen and oxygen atoms in total. The molecule has 136 valence electrons. The highest BCUT2D eigenvalue weighted by Gasteiger charge is 2.08. The summed E-state index contributed by atoms with van der Waals surface area (Å²) in [6.45, 7) is 2.96. The number of nitrogens with zero attached hydrogens (tertiary/aromatic N) is 2. The number of aryl methyl sites for hydroxylation is 2. The monoisotopic (exact) mass is 402 g/mol. The molecule has 26 heavy (non-hydrogen) atoms. The van der Waals surface area contributed by atoms with Crippen LogP contribution in [0.15, 0.2) is 58.4 Å². The first-order chi connectivity index (χ1) is 12.7. The van der Waals surface area contributed by atoms with Crippen molar-refractivity contribution < 1.29 is 4.79 Å². The molecule has 0 spiro atoms. The van der Waals surface area contributed by atoms with Gasteiger partial charge in [0.15, 0.2) is 4.80 Å². The summed E-state index contributed by atoms with van der Waals surface area (Å²) in [4.78, 5) is 18.8. The fraction of sp³-hybridized carbons (Fsp3) is 0.300. The van der Waals surface area contributed by atoms with Gasteiger partial charge in [0.05, 0.1) is 10.2 Å². The number of aromatic nitrogens is 1. The van der Waals surface area contributed by atoms with Crippen molar-refractivity contribution in [2.75, 3.05) is 17.8 Å². The molecule has 1 amide bonds. The lowest BCUT2D eigenvalue weighted by molar-refractivity contribution is -0.117. The van der Waals surface area contributed by atoms with Crippen molar-refractivity contribution in [2.24, 2.45) is 4.99 Å². The third-order valence-electron chi connectivity index (χ3n) is 3.91. The second kappa shape index (κ2) is 9.44. The SMILES string of the molecule is CSCCn1c(=NC(=O)CCSc2ccccc2)sc2cc(C)ccc21. The Hall–Kier alpha value is -1.50. The molecule has 0 bridgehead atoms. The van der Waals surface area contributed by atoms with Crippen molar-refractivity contribution in [3.63, 3.8) is 0 Å². The van der Waals surface area contributed by atoms with Gasteiger partial charge in [0.2, 0.25) is 5.91 Å². The fourth-order valence-electron chi connectivity index (χ4n) is 2.60. The van der Waals surface area contributed by atoms with Gasteiger partial charge < -0.3 is 4.57 Å². The minimum atomic E-state index is -0.0467. The van der Waals surface area contributed by atoms with Crippen molar-refractivity contribution >= 4 is 51.0 Å². The zero-order chi connectivity index (χ0) is 18.4. The number of carbonyl (C=O) groups is 1. The number of hydrogen-bond acceptors (Lipinski definition) is 4. The normalized spacial score (nSPS) is 12.0. The number of amides is 1. The molecule has 0 N–H and O–H groups in total. The molecule has 0 aliphatic carbocycles. The zero-order valence-electron chi connectivity index (χ0n) is 15.0. The van der Waals surface area contributed by atoms with E-state index in [0.29, 0.717) is 6.42 Å². The molecular weight excluding hydrogens is 380 g/mol. The standard InChI is InChI=1S/C20H22N2OS3/c1-15-8-9-17-18(14-15)26-20(22(17)11-13-24-2)21-19(23)10-12-25-16-6-4-3-5-7-16/h3-9,14H,10-13H2,1-2H3. The van der Waals surface area contributed by atoms with E-state index in [0.717, 1.165) is 22.9 Å². The smallest absolute Gasteiger partial charge is 0.249 e. The molecule has 1 heterocycles. The highest BCUT2D eigenvalue weighted by molar-refractivity contribution is 7.99. The van der Waals surface area contributed by atoms with Crippen LogP contribution in [0, 0.1) is 6.92 Å². The van der Waals surface area contributed by atoms with E-state index in [2.05, 4.69) is 53.1 Å². The van der Waals surface area contributed by atoms with Crippen LogP contribution in [0.4, 0.5) is 0 Å². The lowest BCUT2D eigenvalue weighted by atomic mass is 10.2. The summed E-state index contributed by atoms with van der Waals surface area (Å²) in [7, 11) is 0. The summed E-state index contributed by atoms with van der Waals surface area (Å²) in [5, 5.41) is 0. The van der Waals surface area contributed by atoms with Gasteiger partial charge in [0.25, 0.3) is 0 Å². The molecule has 0 aliphatic rings. The first-order valence-corrected chi connectivity index (χ1v) is 11.7. The molecule has 0 aliphatic heterocycles. The second-order valence-electron chi connectivity index (χ2n) is 5.92. The van der Waals surface area contributed by atoms with E-state index in [1.807, 2.05) is 18.2 Å². The molecule has 1 aromatic heterocycles. The van der Waals surface area contributed by atoms with Crippen LogP contribution in [0.2, 0.25) is 0 Å². The predicted molar refractivity (Wildman–Crippen MR) is 115 cm³/mol. The number of thiazole rings is 1. The van der Waals surface area contributed by atoms with E-state index in [-0.39, 0.29) is 5.91 Å². The molecule has 0 fully saturated rings. The minimum absolute atomic E-state index is 0.0467. The van der Waals surface area contributed by atoms with Crippen LogP contribution in [0.5, 0.6) is 0 Å². The number of carbonyl (C=O) groups excluding carboxylic acids is 1. The summed E-state index contributed by atoms with van der Waals surface area (Å²) in [6, 6.07) is 16.6. The average molecular weight is 403 g/mol. The maximum atomic E-state index is 12.4. The Kier molecular flexibility index (Phi) is 7.00. The molecule has 0 atom stereocenters. The maximum absolute atomic E-state index is 12.4. The summed E-state index contributed by atoms with van der Waals surface area (Å²) in [6.07, 6.45) is 2.55. The van der Waals surface area contributed by atoms with Gasteiger partial charge in [0, 0.05) is 29.4 Å². The third kappa shape index (κ3) is 5.02. The lowest BCUT2D eigenvalue weighted by Crippen LogP contribution is -2.18. The second-order valence-corrected chi connectivity index (χ2v) is 9.08. The van der Waals surface area contributed by atoms with Crippen molar-refractivity contribution in [1.82, 2.24) is 4.57 Å². The van der Waals surface area contributed by atoms with Gasteiger partial charge in [-0.25, -0.2) is 0 Å². The molecule has 6 heteroatoms. The quantitative estimate of drug-likeness (QED) is 0.523. The molecule has 2 aromatic carbocycles. The number of thioether (sulfide) groups is 2. The largest absolute Gasteiger partial charge is 0.316 e. The summed E-state index contributed by atoms with van der Waals surface area (Å²) in [5.41, 5.74) is 2.40. The van der Waals surface area contributed by atoms with E-state index in [1.54, 1.807) is 34.9 Å². The number of hydrogen-bond donors (Lipinski definition) is 0. The van der Waals surface area contributed by atoms with E-state index in [1.165, 1.54) is 20.7 Å². The summed E-state index contributed by atoms with van der Waals surface area (Å²) >= 11 is 5.11. The van der Waals surface area contributed by atoms with E-state index in [4.69, 9.17) is 0 Å². The van der Waals surface area contributed by atoms with Crippen molar-refractivity contribution in [3.8, 4) is 0 Å². The van der Waals surface area contributed by atoms with Gasteiger partial charge in [-0.05, 0) is 43.0 Å². The van der Waals surface area contributed by atoms with E-state index in [9.17, 15) is 4.79 Å². The molecular formula is C20H22N2OS3. The van der Waals surface area contributed by atoms with Crippen LogP contribution in [0.25, 0.3) is 10.2 Å². The summed E-state index contributed by atoms with van der Waals surface area (Å²) < 4.78 is 3.37. The third-order valence-corrected chi connectivity index (χ3v) is 6.55. The minimum Gasteiger partial charge on any atom is -0.316 e. The first kappa shape index (κ1) is 19.3. The van der Waals surface area contributed by atoms with Gasteiger partial charge in [-0.15, -0.1) is 11.8 Å². The van der Waals surface area contributed by atoms with Crippen LogP contribution >= 0.6 is 34.9 Å². The van der Waals surface area contributed by atoms with Gasteiger partial charge in [-0.2, -0.15) is 16.8 Å². The van der Waals surface area contributed by atoms with Gasteiger partial charge in [-0.1, -0.05) is 35.6 Å². The fourth-order valence-corrected chi connectivity index (χ4v) is 5.00. The highest BCUT2D eigenvalue weighted by Crippen LogP contribution is 2.20. The van der Waals surface area contributed by atoms with Crippen molar-refractivity contribution in [3.05, 3.63) is 58.9 Å². The topological polar surface area (TPSA) is 34.4 Å². The highest BCUT2D eigenvalue weighted by atomic mass is 32.2. The van der Waals surface area contributed by atoms with E-state index < -0.39 is 0 Å². The van der Waals surface area contributed by atoms with Crippen LogP contribution in [0.3, 0.4) is 0 Å². The Morgan fingerprint density at radius 3 is 2.73 bits per heavy atom. The van der Waals surface area contributed by atoms with Crippen LogP contribution < -0.4 is 4.80 Å². The zero-order valence-corrected chi connectivity index (χ0v) is 17.4. The van der Waals surface area contributed by atoms with Gasteiger partial charge in [-0.3, -0.25) is 4.79 Å². The van der Waals surface area contributed by atoms with Crippen LogP contribution in [-0.2, 0) is 11.3 Å². The van der Waals surface area contributed by atoms with Crippen molar-refractivity contribution in [2.45, 2.75) is 24.8 Å². The first-order valence-electron chi connectivity index (χ1n) is 8.52. The Morgan fingerprint density at radius 2 is 1.96 bits per heavy atom. The Balaban J connectivity index is 1.77. The van der Waals surface area contributed by atoms with E-state index >= 15 is 0 Å². The van der Waals surface area contributed by atoms with Gasteiger partial charge >= 0.3 is 0 Å². The molecule has 0 saturated carbocycles. The number of rotatable bonds is 7. The predicted octanol–water partition coefficient (Wildman–Crippen LogP) is 4.98.